The second-order valence-electron chi connectivity index (χ2n) is 4.67. The Bertz CT molecular complexity index is 780. The molecule has 11 heteroatoms. The van der Waals surface area contributed by atoms with E-state index >= 15 is 0 Å². The highest BCUT2D eigenvalue weighted by Gasteiger charge is 2.34. The van der Waals surface area contributed by atoms with Crippen LogP contribution < -0.4 is 16.2 Å². The number of halogens is 3. The zero-order valence-electron chi connectivity index (χ0n) is 12.2. The summed E-state index contributed by atoms with van der Waals surface area (Å²) in [5.41, 5.74) is -1.23. The number of amides is 2. The molecule has 8 nitrogen and oxygen atoms in total. The number of aryl methyl sites for hydroxylation is 2. The fourth-order valence-electron chi connectivity index (χ4n) is 1.67. The summed E-state index contributed by atoms with van der Waals surface area (Å²) in [6.07, 6.45) is -3.32. The second kappa shape index (κ2) is 6.10. The first-order valence-corrected chi connectivity index (χ1v) is 6.34. The summed E-state index contributed by atoms with van der Waals surface area (Å²) in [6, 6.07) is 1.25. The van der Waals surface area contributed by atoms with E-state index in [4.69, 9.17) is 0 Å². The molecule has 0 aromatic carbocycles. The lowest BCUT2D eigenvalue weighted by Crippen LogP contribution is -2.30. The quantitative estimate of drug-likeness (QED) is 0.872. The number of urea groups is 1. The Morgan fingerprint density at radius 2 is 2.00 bits per heavy atom. The van der Waals surface area contributed by atoms with Gasteiger partial charge < -0.3 is 9.88 Å². The molecule has 2 aromatic heterocycles. The molecule has 2 heterocycles. The van der Waals surface area contributed by atoms with Gasteiger partial charge in [-0.25, -0.2) is 9.78 Å². The number of hydrogen-bond donors (Lipinski definition) is 2. The predicted molar refractivity (Wildman–Crippen MR) is 73.5 cm³/mol. The van der Waals surface area contributed by atoms with Crippen molar-refractivity contribution in [3.8, 4) is 0 Å². The van der Waals surface area contributed by atoms with E-state index in [2.05, 4.69) is 20.7 Å². The zero-order valence-corrected chi connectivity index (χ0v) is 12.2. The number of carbonyl (C=O) groups excluding carboxylic acids is 1. The van der Waals surface area contributed by atoms with Crippen LogP contribution in [0.3, 0.4) is 0 Å². The Morgan fingerprint density at radius 3 is 2.57 bits per heavy atom. The molecule has 0 spiro atoms. The normalized spacial score (nSPS) is 11.3. The van der Waals surface area contributed by atoms with Gasteiger partial charge in [0.2, 0.25) is 0 Å². The molecule has 0 unspecified atom stereocenters. The SMILES string of the molecule is Cn1nc(C(F)(F)F)cc1CNC(=O)Nc1cc(=O)n(C)cn1. The number of hydrogen-bond acceptors (Lipinski definition) is 4. The Balaban J connectivity index is 1.98. The molecule has 0 saturated carbocycles. The van der Waals surface area contributed by atoms with Gasteiger partial charge >= 0.3 is 12.2 Å². The highest BCUT2D eigenvalue weighted by Crippen LogP contribution is 2.28. The third kappa shape index (κ3) is 4.08. The average molecular weight is 330 g/mol. The second-order valence-corrected chi connectivity index (χ2v) is 4.67. The lowest BCUT2D eigenvalue weighted by Gasteiger charge is -2.07. The number of nitrogens with zero attached hydrogens (tertiary/aromatic N) is 4. The topological polar surface area (TPSA) is 93.8 Å². The Kier molecular flexibility index (Phi) is 4.38. The summed E-state index contributed by atoms with van der Waals surface area (Å²) in [4.78, 5) is 26.9. The van der Waals surface area contributed by atoms with Crippen LogP contribution in [0.4, 0.5) is 23.8 Å². The molecule has 0 radical (unpaired) electrons. The number of carbonyl (C=O) groups is 1. The monoisotopic (exact) mass is 330 g/mol. The summed E-state index contributed by atoms with van der Waals surface area (Å²) in [7, 11) is 2.84. The molecule has 0 fully saturated rings. The minimum atomic E-state index is -4.55. The molecule has 2 amide bonds. The fourth-order valence-corrected chi connectivity index (χ4v) is 1.67. The maximum absolute atomic E-state index is 12.5. The van der Waals surface area contributed by atoms with E-state index in [1.165, 1.54) is 25.0 Å². The third-order valence-corrected chi connectivity index (χ3v) is 2.92. The molecule has 2 N–H and O–H groups in total. The standard InChI is InChI=1S/C12H13F3N6O2/c1-20-6-17-9(4-10(20)22)18-11(23)16-5-7-3-8(12(13,14)15)19-21(7)2/h3-4,6H,5H2,1-2H3,(H2,16,18,23). The fraction of sp³-hybridized carbons (Fsp3) is 0.333. The number of rotatable bonds is 3. The van der Waals surface area contributed by atoms with Gasteiger partial charge in [0.25, 0.3) is 5.56 Å². The molecule has 2 rings (SSSR count). The predicted octanol–water partition coefficient (Wildman–Crippen LogP) is 0.854. The molecule has 23 heavy (non-hydrogen) atoms. The van der Waals surface area contributed by atoms with Gasteiger partial charge in [-0.15, -0.1) is 0 Å². The van der Waals surface area contributed by atoms with E-state index < -0.39 is 17.9 Å². The maximum Gasteiger partial charge on any atom is 0.435 e. The van der Waals surface area contributed by atoms with Gasteiger partial charge in [-0.2, -0.15) is 18.3 Å². The molecular weight excluding hydrogens is 317 g/mol. The Hall–Kier alpha value is -2.85. The molecule has 0 aliphatic heterocycles. The summed E-state index contributed by atoms with van der Waals surface area (Å²) in [6.45, 7) is -0.170. The Labute approximate surface area is 127 Å². The average Bonchev–Trinajstić information content (AvgIpc) is 2.82. The van der Waals surface area contributed by atoms with Crippen molar-refractivity contribution in [3.63, 3.8) is 0 Å². The van der Waals surface area contributed by atoms with Crippen LogP contribution in [0.2, 0.25) is 0 Å². The smallest absolute Gasteiger partial charge is 0.332 e. The molecule has 0 aliphatic carbocycles. The molecular formula is C12H13F3N6O2. The molecule has 124 valence electrons. The summed E-state index contributed by atoms with van der Waals surface area (Å²) >= 11 is 0. The molecule has 0 bridgehead atoms. The van der Waals surface area contributed by atoms with Crippen molar-refractivity contribution in [1.29, 1.82) is 0 Å². The van der Waals surface area contributed by atoms with Crippen molar-refractivity contribution in [2.45, 2.75) is 12.7 Å². The van der Waals surface area contributed by atoms with Gasteiger partial charge in [0.05, 0.1) is 18.6 Å². The highest BCUT2D eigenvalue weighted by molar-refractivity contribution is 5.87. The van der Waals surface area contributed by atoms with Crippen LogP contribution in [0.5, 0.6) is 0 Å². The van der Waals surface area contributed by atoms with E-state index in [1.807, 2.05) is 0 Å². The van der Waals surface area contributed by atoms with Crippen molar-refractivity contribution in [2.24, 2.45) is 14.1 Å². The van der Waals surface area contributed by atoms with Crippen molar-refractivity contribution in [3.05, 3.63) is 40.2 Å². The largest absolute Gasteiger partial charge is 0.435 e. The molecule has 0 atom stereocenters. The number of nitrogens with one attached hydrogen (secondary N) is 2. The van der Waals surface area contributed by atoms with Crippen LogP contribution in [-0.2, 0) is 26.8 Å². The van der Waals surface area contributed by atoms with Crippen LogP contribution in [-0.4, -0.2) is 25.4 Å². The van der Waals surface area contributed by atoms with E-state index in [9.17, 15) is 22.8 Å². The minimum absolute atomic E-state index is 0.0339. The lowest BCUT2D eigenvalue weighted by molar-refractivity contribution is -0.141. The summed E-state index contributed by atoms with van der Waals surface area (Å²) in [5.74, 6) is 0.0339. The third-order valence-electron chi connectivity index (χ3n) is 2.92. The highest BCUT2D eigenvalue weighted by atomic mass is 19.4. The van der Waals surface area contributed by atoms with E-state index in [0.717, 1.165) is 16.8 Å². The first-order chi connectivity index (χ1) is 10.7. The lowest BCUT2D eigenvalue weighted by atomic mass is 10.3. The molecule has 0 saturated heterocycles. The van der Waals surface area contributed by atoms with Gasteiger partial charge in [0.15, 0.2) is 5.69 Å². The van der Waals surface area contributed by atoms with E-state index in [0.29, 0.717) is 0 Å². The minimum Gasteiger partial charge on any atom is -0.332 e. The number of alkyl halides is 3. The molecule has 2 aromatic rings. The first kappa shape index (κ1) is 16.5. The van der Waals surface area contributed by atoms with Crippen molar-refractivity contribution < 1.29 is 18.0 Å². The summed E-state index contributed by atoms with van der Waals surface area (Å²) < 4.78 is 39.8. The van der Waals surface area contributed by atoms with Gasteiger partial charge in [0, 0.05) is 20.2 Å². The molecule has 0 aliphatic rings. The van der Waals surface area contributed by atoms with Gasteiger partial charge in [-0.1, -0.05) is 0 Å². The zero-order chi connectivity index (χ0) is 17.2. The van der Waals surface area contributed by atoms with Crippen LogP contribution >= 0.6 is 0 Å². The Morgan fingerprint density at radius 1 is 1.30 bits per heavy atom. The van der Waals surface area contributed by atoms with Crippen LogP contribution in [0, 0.1) is 0 Å². The van der Waals surface area contributed by atoms with Crippen molar-refractivity contribution in [1.82, 2.24) is 24.6 Å². The van der Waals surface area contributed by atoms with Crippen LogP contribution in [0.25, 0.3) is 0 Å². The van der Waals surface area contributed by atoms with Gasteiger partial charge in [0.1, 0.15) is 5.82 Å². The van der Waals surface area contributed by atoms with Crippen LogP contribution in [0.15, 0.2) is 23.3 Å². The van der Waals surface area contributed by atoms with Crippen molar-refractivity contribution >= 4 is 11.8 Å². The maximum atomic E-state index is 12.5. The van der Waals surface area contributed by atoms with Gasteiger partial charge in [-0.05, 0) is 6.07 Å². The van der Waals surface area contributed by atoms with E-state index in [1.54, 1.807) is 0 Å². The first-order valence-electron chi connectivity index (χ1n) is 6.34. The summed E-state index contributed by atoms with van der Waals surface area (Å²) in [5, 5.41) is 8.00. The number of aromatic nitrogens is 4. The van der Waals surface area contributed by atoms with Crippen LogP contribution in [0.1, 0.15) is 11.4 Å². The number of anilines is 1. The van der Waals surface area contributed by atoms with Gasteiger partial charge in [-0.3, -0.25) is 14.8 Å². The van der Waals surface area contributed by atoms with E-state index in [-0.39, 0.29) is 23.6 Å². The van der Waals surface area contributed by atoms with Crippen molar-refractivity contribution in [2.75, 3.05) is 5.32 Å².